The van der Waals surface area contributed by atoms with Crippen LogP contribution in [-0.4, -0.2) is 61.1 Å². The molecule has 14 heteroatoms. The van der Waals surface area contributed by atoms with Crippen LogP contribution in [0.5, 0.6) is 0 Å². The Morgan fingerprint density at radius 1 is 0.556 bits per heavy atom. The molecule has 2 aliphatic carbocycles. The van der Waals surface area contributed by atoms with E-state index >= 15 is 0 Å². The van der Waals surface area contributed by atoms with Gasteiger partial charge < -0.3 is 61.7 Å². The van der Waals surface area contributed by atoms with Crippen LogP contribution in [0.4, 0.5) is 0 Å². The van der Waals surface area contributed by atoms with Crippen molar-refractivity contribution in [2.24, 2.45) is 11.5 Å². The Morgan fingerprint density at radius 3 is 1.08 bits per heavy atom. The number of aliphatic carboxylic acids is 4. The van der Waals surface area contributed by atoms with E-state index in [0.29, 0.717) is 25.2 Å². The summed E-state index contributed by atoms with van der Waals surface area (Å²) in [6, 6.07) is 0.979. The number of hydrogen-bond donors (Lipinski definition) is 4. The zero-order valence-electron chi connectivity index (χ0n) is 20.3. The molecule has 2 aliphatic rings. The molecule has 0 bridgehead atoms. The van der Waals surface area contributed by atoms with E-state index in [9.17, 15) is 39.6 Å². The molecule has 0 spiro atoms. The van der Waals surface area contributed by atoms with E-state index < -0.39 is 36.7 Å². The Balaban J connectivity index is -0.000000456. The van der Waals surface area contributed by atoms with Crippen LogP contribution in [0, 0.1) is 0 Å². The second kappa shape index (κ2) is 24.4. The van der Waals surface area contributed by atoms with E-state index in [4.69, 9.17) is 11.5 Å². The number of carboxylic acid groups (broad SMARTS) is 4. The number of rotatable bonds is 11. The maximum atomic E-state index is 10.1. The third-order valence-corrected chi connectivity index (χ3v) is 5.64. The van der Waals surface area contributed by atoms with Crippen molar-refractivity contribution in [3.63, 3.8) is 0 Å². The Morgan fingerprint density at radius 2 is 0.833 bits per heavy atom. The van der Waals surface area contributed by atoms with Crippen LogP contribution in [0.25, 0.3) is 0 Å². The fourth-order valence-corrected chi connectivity index (χ4v) is 3.75. The van der Waals surface area contributed by atoms with Gasteiger partial charge in [0, 0.05) is 61.1 Å². The molecule has 4 atom stereocenters. The fourth-order valence-electron chi connectivity index (χ4n) is 3.75. The van der Waals surface area contributed by atoms with Crippen molar-refractivity contribution in [3.05, 3.63) is 0 Å². The monoisotopic (exact) mass is 876 g/mol. The number of nitrogens with one attached hydrogen (secondary N) is 2. The molecule has 2 rings (SSSR count). The molecule has 36 heavy (non-hydrogen) atoms. The van der Waals surface area contributed by atoms with Crippen molar-refractivity contribution in [1.29, 1.82) is 0 Å². The van der Waals surface area contributed by atoms with Gasteiger partial charge in [-0.3, -0.25) is 0 Å². The minimum absolute atomic E-state index is 0. The maximum Gasteiger partial charge on any atom is 2.00 e. The smallest absolute Gasteiger partial charge is 0.550 e. The van der Waals surface area contributed by atoms with Crippen LogP contribution >= 0.6 is 0 Å². The quantitative estimate of drug-likeness (QED) is 0.153. The number of carboxylic acids is 4. The topological polar surface area (TPSA) is 237 Å². The van der Waals surface area contributed by atoms with Gasteiger partial charge in [-0.2, -0.15) is 0 Å². The molecule has 0 aromatic heterocycles. The van der Waals surface area contributed by atoms with Gasteiger partial charge in [0.25, 0.3) is 0 Å². The number of carbonyl (C=O) groups excluding carboxylic acids is 4. The minimum Gasteiger partial charge on any atom is -0.550 e. The summed E-state index contributed by atoms with van der Waals surface area (Å²) in [6.45, 7) is 0.946. The summed E-state index contributed by atoms with van der Waals surface area (Å²) < 4.78 is 0. The minimum atomic E-state index is -1.37. The van der Waals surface area contributed by atoms with Gasteiger partial charge in [-0.25, -0.2) is 0 Å². The van der Waals surface area contributed by atoms with E-state index in [1.54, 1.807) is 0 Å². The molecule has 0 radical (unpaired) electrons. The molecule has 0 aromatic carbocycles. The molecule has 6 N–H and O–H groups in total. The first-order valence-electron chi connectivity index (χ1n) is 11.8. The van der Waals surface area contributed by atoms with Crippen molar-refractivity contribution < 1.29 is 81.7 Å². The molecular formula is C22H38N4O8Pt2. The molecule has 0 amide bonds. The van der Waals surface area contributed by atoms with Crippen LogP contribution in [0.3, 0.4) is 0 Å². The summed E-state index contributed by atoms with van der Waals surface area (Å²) in [4.78, 5) is 39.3. The third-order valence-electron chi connectivity index (χ3n) is 5.64. The van der Waals surface area contributed by atoms with E-state index in [0.717, 1.165) is 25.7 Å². The molecule has 0 heterocycles. The predicted octanol–water partition coefficient (Wildman–Crippen LogP) is -4.77. The van der Waals surface area contributed by atoms with Crippen molar-refractivity contribution in [3.8, 4) is 0 Å². The second-order valence-electron chi connectivity index (χ2n) is 8.51. The van der Waals surface area contributed by atoms with Crippen LogP contribution in [0.2, 0.25) is 0 Å². The van der Waals surface area contributed by atoms with Crippen LogP contribution in [0.1, 0.15) is 77.0 Å². The normalized spacial score (nSPS) is 22.6. The number of hydrogen-bond acceptors (Lipinski definition) is 12. The number of nitrogens with two attached hydrogens (primary N) is 2. The van der Waals surface area contributed by atoms with Gasteiger partial charge in [-0.15, -0.1) is 0 Å². The molecule has 0 aromatic rings. The van der Waals surface area contributed by atoms with Gasteiger partial charge in [0.2, 0.25) is 0 Å². The van der Waals surface area contributed by atoms with Crippen LogP contribution in [-0.2, 0) is 61.3 Å². The van der Waals surface area contributed by atoms with Gasteiger partial charge in [-0.05, 0) is 51.4 Å². The van der Waals surface area contributed by atoms with Crippen molar-refractivity contribution in [2.75, 3.05) is 13.1 Å². The molecule has 0 saturated heterocycles. The van der Waals surface area contributed by atoms with Gasteiger partial charge in [-0.1, -0.05) is 25.7 Å². The van der Waals surface area contributed by atoms with Gasteiger partial charge in [0.1, 0.15) is 0 Å². The Labute approximate surface area is 241 Å². The second-order valence-corrected chi connectivity index (χ2v) is 8.51. The van der Waals surface area contributed by atoms with Gasteiger partial charge >= 0.3 is 42.1 Å². The summed E-state index contributed by atoms with van der Waals surface area (Å²) in [5, 5.41) is 45.6. The molecule has 0 unspecified atom stereocenters. The molecule has 2 fully saturated rings. The average molecular weight is 877 g/mol. The van der Waals surface area contributed by atoms with Crippen molar-refractivity contribution >= 4 is 23.9 Å². The van der Waals surface area contributed by atoms with Crippen LogP contribution < -0.4 is 42.5 Å². The zero-order valence-corrected chi connectivity index (χ0v) is 24.8. The van der Waals surface area contributed by atoms with Crippen molar-refractivity contribution in [1.82, 2.24) is 10.6 Å². The molecule has 214 valence electrons. The van der Waals surface area contributed by atoms with E-state index in [2.05, 4.69) is 10.6 Å². The molecule has 2 saturated carbocycles. The largest absolute Gasteiger partial charge is 2.00 e. The standard InChI is InChI=1S/2C9H18N2O2.C4H6O4.2Pt/c2*10-7-3-1-2-4-8(7)11-6-5-9(12)13;5-3(6)1-2-4(7)8;;/h2*7-8,11H,1-6,10H2,(H,12,13);1-2H2,(H,5,6)(H,7,8);;/q;;;2*+2/p-4/t2*7-,8-;;;/m11.../s1. The Hall–Kier alpha value is -0.903. The van der Waals surface area contributed by atoms with E-state index in [1.807, 2.05) is 0 Å². The third kappa shape index (κ3) is 23.5. The first-order valence-corrected chi connectivity index (χ1v) is 11.8. The van der Waals surface area contributed by atoms with Gasteiger partial charge in [0.05, 0.1) is 0 Å². The Bertz CT molecular complexity index is 579. The maximum absolute atomic E-state index is 10.1. The number of carbonyl (C=O) groups is 4. The SMILES string of the molecule is N[C@@H]1CCCC[C@H]1NCCC(=O)[O-].N[C@@H]1CCCC[C@H]1NCCC(=O)[O-].O=C([O-])CCC(=O)[O-].[Pt+2].[Pt+2]. The van der Waals surface area contributed by atoms with E-state index in [-0.39, 0.29) is 67.1 Å². The first-order chi connectivity index (χ1) is 16.0. The molecule has 12 nitrogen and oxygen atoms in total. The summed E-state index contributed by atoms with van der Waals surface area (Å²) in [7, 11) is 0. The summed E-state index contributed by atoms with van der Waals surface area (Å²) >= 11 is 0. The van der Waals surface area contributed by atoms with Crippen molar-refractivity contribution in [2.45, 2.75) is 101 Å². The summed E-state index contributed by atoms with van der Waals surface area (Å²) in [6.07, 6.45) is 8.19. The molecule has 0 aliphatic heterocycles. The molecular weight excluding hydrogens is 838 g/mol. The van der Waals surface area contributed by atoms with Gasteiger partial charge in [0.15, 0.2) is 0 Å². The predicted molar refractivity (Wildman–Crippen MR) is 115 cm³/mol. The average Bonchev–Trinajstić information content (AvgIpc) is 2.75. The van der Waals surface area contributed by atoms with E-state index in [1.165, 1.54) is 25.7 Å². The van der Waals surface area contributed by atoms with Crippen LogP contribution in [0.15, 0.2) is 0 Å². The Kier molecular flexibility index (Phi) is 26.9. The zero-order chi connectivity index (χ0) is 25.9. The fraction of sp³-hybridized carbons (Fsp3) is 0.818. The summed E-state index contributed by atoms with van der Waals surface area (Å²) in [5.41, 5.74) is 11.7. The summed E-state index contributed by atoms with van der Waals surface area (Å²) in [5.74, 6) is -4.74. The first kappa shape index (κ1) is 39.6.